The van der Waals surface area contributed by atoms with Gasteiger partial charge in [-0.05, 0) is 44.2 Å². The zero-order chi connectivity index (χ0) is 13.3. The third-order valence-electron chi connectivity index (χ3n) is 3.87. The predicted molar refractivity (Wildman–Crippen MR) is 71.7 cm³/mol. The predicted octanol–water partition coefficient (Wildman–Crippen LogP) is 2.96. The summed E-state index contributed by atoms with van der Waals surface area (Å²) >= 11 is 0. The van der Waals surface area contributed by atoms with Gasteiger partial charge in [-0.15, -0.1) is 0 Å². The molecule has 1 aromatic rings. The maximum atomic E-state index is 12.5. The molecule has 0 aromatic heterocycles. The summed E-state index contributed by atoms with van der Waals surface area (Å²) in [6.07, 6.45) is 2.08. The molecule has 3 heteroatoms. The van der Waals surface area contributed by atoms with Crippen LogP contribution in [0.5, 0.6) is 5.75 Å². The molecule has 1 saturated heterocycles. The van der Waals surface area contributed by atoms with E-state index in [-0.39, 0.29) is 17.7 Å². The first-order chi connectivity index (χ1) is 8.50. The zero-order valence-corrected chi connectivity index (χ0v) is 11.3. The molecule has 2 atom stereocenters. The summed E-state index contributed by atoms with van der Waals surface area (Å²) < 4.78 is 0. The van der Waals surface area contributed by atoms with Crippen LogP contribution in [0.15, 0.2) is 18.2 Å². The molecule has 1 fully saturated rings. The number of phenolic OH excluding ortho intramolecular Hbond substituents is 1. The van der Waals surface area contributed by atoms with Crippen molar-refractivity contribution in [3.8, 4) is 5.75 Å². The molecule has 2 unspecified atom stereocenters. The summed E-state index contributed by atoms with van der Waals surface area (Å²) in [6.45, 7) is 6.91. The highest BCUT2D eigenvalue weighted by Gasteiger charge is 2.28. The van der Waals surface area contributed by atoms with Gasteiger partial charge in [-0.1, -0.05) is 19.1 Å². The Morgan fingerprint density at radius 2 is 2.11 bits per heavy atom. The average Bonchev–Trinajstić information content (AvgIpc) is 2.32. The molecule has 18 heavy (non-hydrogen) atoms. The zero-order valence-electron chi connectivity index (χ0n) is 11.3. The standard InChI is InChI=1S/C15H21NO2/c1-10-7-8-16(12(3)9-10)15(18)13-6-4-5-11(2)14(13)17/h4-6,10,12,17H,7-9H2,1-3H3. The van der Waals surface area contributed by atoms with Crippen LogP contribution in [-0.4, -0.2) is 28.5 Å². The fourth-order valence-corrected chi connectivity index (χ4v) is 2.70. The van der Waals surface area contributed by atoms with E-state index in [1.807, 2.05) is 24.0 Å². The van der Waals surface area contributed by atoms with E-state index in [1.165, 1.54) is 0 Å². The van der Waals surface area contributed by atoms with Crippen LogP contribution >= 0.6 is 0 Å². The Bertz CT molecular complexity index is 456. The van der Waals surface area contributed by atoms with Crippen molar-refractivity contribution in [3.05, 3.63) is 29.3 Å². The fourth-order valence-electron chi connectivity index (χ4n) is 2.70. The number of benzene rings is 1. The summed E-state index contributed by atoms with van der Waals surface area (Å²) in [5.41, 5.74) is 1.18. The molecule has 98 valence electrons. The molecule has 3 nitrogen and oxygen atoms in total. The van der Waals surface area contributed by atoms with E-state index >= 15 is 0 Å². The number of likely N-dealkylation sites (tertiary alicyclic amines) is 1. The molecule has 2 rings (SSSR count). The minimum absolute atomic E-state index is 0.0457. The lowest BCUT2D eigenvalue weighted by molar-refractivity contribution is 0.0585. The van der Waals surface area contributed by atoms with E-state index in [0.717, 1.165) is 24.9 Å². The Morgan fingerprint density at radius 1 is 1.39 bits per heavy atom. The van der Waals surface area contributed by atoms with Crippen LogP contribution in [0.4, 0.5) is 0 Å². The number of amides is 1. The van der Waals surface area contributed by atoms with Crippen LogP contribution in [0.2, 0.25) is 0 Å². The summed E-state index contributed by atoms with van der Waals surface area (Å²) in [5, 5.41) is 9.99. The molecule has 0 aliphatic carbocycles. The topological polar surface area (TPSA) is 40.5 Å². The van der Waals surface area contributed by atoms with Crippen LogP contribution in [0, 0.1) is 12.8 Å². The smallest absolute Gasteiger partial charge is 0.257 e. The van der Waals surface area contributed by atoms with Crippen LogP contribution in [0.1, 0.15) is 42.6 Å². The van der Waals surface area contributed by atoms with Crippen molar-refractivity contribution in [1.82, 2.24) is 4.90 Å². The van der Waals surface area contributed by atoms with E-state index < -0.39 is 0 Å². The van der Waals surface area contributed by atoms with Crippen molar-refractivity contribution in [2.24, 2.45) is 5.92 Å². The number of nitrogens with zero attached hydrogens (tertiary/aromatic N) is 1. The van der Waals surface area contributed by atoms with Gasteiger partial charge in [-0.2, -0.15) is 0 Å². The molecular formula is C15H21NO2. The van der Waals surface area contributed by atoms with Crippen LogP contribution in [0.25, 0.3) is 0 Å². The number of carbonyl (C=O) groups excluding carboxylic acids is 1. The molecule has 0 bridgehead atoms. The largest absolute Gasteiger partial charge is 0.507 e. The van der Waals surface area contributed by atoms with Gasteiger partial charge in [0.25, 0.3) is 5.91 Å². The highest BCUT2D eigenvalue weighted by molar-refractivity contribution is 5.97. The number of rotatable bonds is 1. The number of piperidine rings is 1. The quantitative estimate of drug-likeness (QED) is 0.828. The lowest BCUT2D eigenvalue weighted by Crippen LogP contribution is -2.44. The first kappa shape index (κ1) is 12.9. The second kappa shape index (κ2) is 5.01. The SMILES string of the molecule is Cc1cccc(C(=O)N2CCC(C)CC2C)c1O. The molecule has 1 N–H and O–H groups in total. The third kappa shape index (κ3) is 2.35. The Kier molecular flexibility index (Phi) is 3.60. The van der Waals surface area contributed by atoms with Gasteiger partial charge in [-0.25, -0.2) is 0 Å². The van der Waals surface area contributed by atoms with Gasteiger partial charge in [0.05, 0.1) is 5.56 Å². The number of aryl methyl sites for hydroxylation is 1. The molecular weight excluding hydrogens is 226 g/mol. The second-order valence-electron chi connectivity index (χ2n) is 5.45. The van der Waals surface area contributed by atoms with Crippen LogP contribution in [0.3, 0.4) is 0 Å². The van der Waals surface area contributed by atoms with Crippen molar-refractivity contribution >= 4 is 5.91 Å². The summed E-state index contributed by atoms with van der Waals surface area (Å²) in [7, 11) is 0. The van der Waals surface area contributed by atoms with Crippen molar-refractivity contribution in [3.63, 3.8) is 0 Å². The van der Waals surface area contributed by atoms with Gasteiger partial charge in [0.2, 0.25) is 0 Å². The minimum Gasteiger partial charge on any atom is -0.507 e. The number of hydrogen-bond donors (Lipinski definition) is 1. The highest BCUT2D eigenvalue weighted by atomic mass is 16.3. The fraction of sp³-hybridized carbons (Fsp3) is 0.533. The molecule has 1 heterocycles. The average molecular weight is 247 g/mol. The van der Waals surface area contributed by atoms with E-state index in [0.29, 0.717) is 11.5 Å². The maximum Gasteiger partial charge on any atom is 0.257 e. The number of aromatic hydroxyl groups is 1. The summed E-state index contributed by atoms with van der Waals surface area (Å²) in [4.78, 5) is 14.3. The first-order valence-electron chi connectivity index (χ1n) is 6.60. The van der Waals surface area contributed by atoms with Gasteiger partial charge >= 0.3 is 0 Å². The lowest BCUT2D eigenvalue weighted by Gasteiger charge is -2.36. The molecule has 1 amide bonds. The van der Waals surface area contributed by atoms with Gasteiger partial charge in [0.15, 0.2) is 0 Å². The second-order valence-corrected chi connectivity index (χ2v) is 5.45. The first-order valence-corrected chi connectivity index (χ1v) is 6.60. The summed E-state index contributed by atoms with van der Waals surface area (Å²) in [5.74, 6) is 0.749. The van der Waals surface area contributed by atoms with E-state index in [4.69, 9.17) is 0 Å². The number of carbonyl (C=O) groups is 1. The van der Waals surface area contributed by atoms with Crippen LogP contribution < -0.4 is 0 Å². The minimum atomic E-state index is -0.0457. The van der Waals surface area contributed by atoms with Gasteiger partial charge < -0.3 is 10.0 Å². The number of para-hydroxylation sites is 1. The van der Waals surface area contributed by atoms with Crippen LogP contribution in [-0.2, 0) is 0 Å². The van der Waals surface area contributed by atoms with Crippen molar-refractivity contribution < 1.29 is 9.90 Å². The third-order valence-corrected chi connectivity index (χ3v) is 3.87. The Balaban J connectivity index is 2.23. The van der Waals surface area contributed by atoms with Gasteiger partial charge in [0.1, 0.15) is 5.75 Å². The molecule has 0 radical (unpaired) electrons. The van der Waals surface area contributed by atoms with Gasteiger partial charge in [0, 0.05) is 12.6 Å². The summed E-state index contributed by atoms with van der Waals surface area (Å²) in [6, 6.07) is 5.59. The number of phenols is 1. The molecule has 1 aliphatic heterocycles. The van der Waals surface area contributed by atoms with Crippen molar-refractivity contribution in [2.75, 3.05) is 6.54 Å². The highest BCUT2D eigenvalue weighted by Crippen LogP contribution is 2.28. The Morgan fingerprint density at radius 3 is 2.78 bits per heavy atom. The molecule has 0 saturated carbocycles. The van der Waals surface area contributed by atoms with E-state index in [1.54, 1.807) is 6.07 Å². The van der Waals surface area contributed by atoms with Crippen molar-refractivity contribution in [2.45, 2.75) is 39.7 Å². The van der Waals surface area contributed by atoms with Gasteiger partial charge in [-0.3, -0.25) is 4.79 Å². The lowest BCUT2D eigenvalue weighted by atomic mass is 9.92. The Hall–Kier alpha value is -1.51. The van der Waals surface area contributed by atoms with E-state index in [9.17, 15) is 9.90 Å². The molecule has 0 spiro atoms. The molecule has 1 aromatic carbocycles. The maximum absolute atomic E-state index is 12.5. The normalized spacial score (nSPS) is 24.1. The van der Waals surface area contributed by atoms with Crippen molar-refractivity contribution in [1.29, 1.82) is 0 Å². The molecule has 1 aliphatic rings. The monoisotopic (exact) mass is 247 g/mol. The number of hydrogen-bond acceptors (Lipinski definition) is 2. The Labute approximate surface area is 108 Å². The van der Waals surface area contributed by atoms with E-state index in [2.05, 4.69) is 13.8 Å².